The minimum Gasteiger partial charge on any atom is -0.472 e. The number of pyridine rings is 1. The van der Waals surface area contributed by atoms with E-state index in [2.05, 4.69) is 10.3 Å². The molecular formula is C19H18N4O4. The number of anilines is 1. The van der Waals surface area contributed by atoms with Gasteiger partial charge in [0.25, 0.3) is 5.91 Å². The van der Waals surface area contributed by atoms with Gasteiger partial charge >= 0.3 is 5.69 Å². The molecule has 2 aromatic heterocycles. The maximum atomic E-state index is 12.4. The van der Waals surface area contributed by atoms with Crippen molar-refractivity contribution in [2.45, 2.75) is 18.9 Å². The van der Waals surface area contributed by atoms with Gasteiger partial charge in [0.1, 0.15) is 12.0 Å². The van der Waals surface area contributed by atoms with Crippen LogP contribution in [-0.4, -0.2) is 39.8 Å². The number of aromatic nitrogens is 1. The maximum absolute atomic E-state index is 12.4. The molecule has 0 atom stereocenters. The van der Waals surface area contributed by atoms with Gasteiger partial charge in [-0.1, -0.05) is 0 Å². The Morgan fingerprint density at radius 2 is 2.07 bits per heavy atom. The van der Waals surface area contributed by atoms with E-state index in [0.29, 0.717) is 48.1 Å². The fraction of sp³-hybridized carbons (Fsp3) is 0.263. The Hall–Kier alpha value is -3.42. The summed E-state index contributed by atoms with van der Waals surface area (Å²) in [7, 11) is 0. The van der Waals surface area contributed by atoms with Gasteiger partial charge in [-0.25, -0.2) is 0 Å². The second-order valence-corrected chi connectivity index (χ2v) is 6.51. The Morgan fingerprint density at radius 3 is 2.78 bits per heavy atom. The van der Waals surface area contributed by atoms with Crippen LogP contribution in [0.2, 0.25) is 0 Å². The Kier molecular flexibility index (Phi) is 4.45. The number of nitro benzene ring substituents is 1. The van der Waals surface area contributed by atoms with E-state index in [-0.39, 0.29) is 22.6 Å². The van der Waals surface area contributed by atoms with Crippen molar-refractivity contribution in [3.05, 3.63) is 64.7 Å². The largest absolute Gasteiger partial charge is 0.472 e. The van der Waals surface area contributed by atoms with Gasteiger partial charge in [-0.15, -0.1) is 0 Å². The summed E-state index contributed by atoms with van der Waals surface area (Å²) in [5.41, 5.74) is 1.66. The van der Waals surface area contributed by atoms with Crippen LogP contribution in [0.15, 0.2) is 53.5 Å². The topological polar surface area (TPSA) is 102 Å². The molecule has 1 N–H and O–H groups in total. The van der Waals surface area contributed by atoms with Crippen molar-refractivity contribution in [3.8, 4) is 0 Å². The molecule has 1 aliphatic rings. The summed E-state index contributed by atoms with van der Waals surface area (Å²) in [5, 5.41) is 15.4. The zero-order valence-corrected chi connectivity index (χ0v) is 14.5. The van der Waals surface area contributed by atoms with E-state index in [0.717, 1.165) is 0 Å². The van der Waals surface area contributed by atoms with Gasteiger partial charge in [0.15, 0.2) is 0 Å². The van der Waals surface area contributed by atoms with Crippen LogP contribution in [0.3, 0.4) is 0 Å². The second-order valence-electron chi connectivity index (χ2n) is 6.51. The molecular weight excluding hydrogens is 348 g/mol. The van der Waals surface area contributed by atoms with Crippen molar-refractivity contribution in [2.75, 3.05) is 18.4 Å². The summed E-state index contributed by atoms with van der Waals surface area (Å²) < 4.78 is 4.97. The Morgan fingerprint density at radius 1 is 1.26 bits per heavy atom. The van der Waals surface area contributed by atoms with Crippen LogP contribution < -0.4 is 5.32 Å². The number of rotatable bonds is 4. The van der Waals surface area contributed by atoms with Crippen molar-refractivity contribution in [1.29, 1.82) is 0 Å². The van der Waals surface area contributed by atoms with E-state index in [1.807, 2.05) is 0 Å². The van der Waals surface area contributed by atoms with Gasteiger partial charge in [-0.3, -0.25) is 19.9 Å². The number of nitrogens with zero attached hydrogens (tertiary/aromatic N) is 3. The number of benzene rings is 1. The highest BCUT2D eigenvalue weighted by atomic mass is 16.6. The lowest BCUT2D eigenvalue weighted by atomic mass is 10.0. The maximum Gasteiger partial charge on any atom is 0.301 e. The normalized spacial score (nSPS) is 15.0. The molecule has 0 aliphatic carbocycles. The molecule has 1 amide bonds. The zero-order valence-electron chi connectivity index (χ0n) is 14.5. The number of nitro groups is 1. The third kappa shape index (κ3) is 3.33. The molecule has 0 radical (unpaired) electrons. The van der Waals surface area contributed by atoms with Crippen molar-refractivity contribution >= 4 is 28.2 Å². The van der Waals surface area contributed by atoms with E-state index in [1.54, 1.807) is 41.4 Å². The highest BCUT2D eigenvalue weighted by Crippen LogP contribution is 2.33. The Labute approximate surface area is 154 Å². The third-order valence-corrected chi connectivity index (χ3v) is 4.85. The number of nitrogens with one attached hydrogen (secondary N) is 1. The van der Waals surface area contributed by atoms with Crippen LogP contribution in [-0.2, 0) is 0 Å². The molecule has 0 bridgehead atoms. The standard InChI is InChI=1S/C19H18N4O4/c24-19(13-7-11-27-12-13)22-9-5-14(6-10-22)21-17-4-3-16-15(2-1-8-20-16)18(17)23(25)26/h1-4,7-8,11-12,14,21H,5-6,9-10H2. The first-order chi connectivity index (χ1) is 13.1. The zero-order chi connectivity index (χ0) is 18.8. The monoisotopic (exact) mass is 366 g/mol. The number of hydrogen-bond donors (Lipinski definition) is 1. The molecule has 8 heteroatoms. The number of hydrogen-bond acceptors (Lipinski definition) is 6. The summed E-state index contributed by atoms with van der Waals surface area (Å²) in [6, 6.07) is 8.60. The summed E-state index contributed by atoms with van der Waals surface area (Å²) in [4.78, 5) is 29.6. The van der Waals surface area contributed by atoms with Gasteiger partial charge in [0.05, 0.1) is 27.7 Å². The highest BCUT2D eigenvalue weighted by molar-refractivity contribution is 5.95. The number of likely N-dealkylation sites (tertiary alicyclic amines) is 1. The molecule has 27 heavy (non-hydrogen) atoms. The number of furan rings is 1. The van der Waals surface area contributed by atoms with Crippen molar-refractivity contribution in [2.24, 2.45) is 0 Å². The fourth-order valence-corrected chi connectivity index (χ4v) is 3.47. The summed E-state index contributed by atoms with van der Waals surface area (Å²) in [6.07, 6.45) is 5.97. The molecule has 138 valence electrons. The predicted molar refractivity (Wildman–Crippen MR) is 99.7 cm³/mol. The van der Waals surface area contributed by atoms with Gasteiger partial charge < -0.3 is 14.6 Å². The number of amides is 1. The summed E-state index contributed by atoms with van der Waals surface area (Å²) in [6.45, 7) is 1.18. The van der Waals surface area contributed by atoms with Crippen LogP contribution in [0.4, 0.5) is 11.4 Å². The first kappa shape index (κ1) is 17.0. The van der Waals surface area contributed by atoms with Gasteiger partial charge in [-0.05, 0) is 43.2 Å². The smallest absolute Gasteiger partial charge is 0.301 e. The highest BCUT2D eigenvalue weighted by Gasteiger charge is 2.26. The van der Waals surface area contributed by atoms with Crippen LogP contribution in [0.1, 0.15) is 23.2 Å². The Balaban J connectivity index is 1.48. The first-order valence-corrected chi connectivity index (χ1v) is 8.73. The average Bonchev–Trinajstić information content (AvgIpc) is 3.22. The minimum atomic E-state index is -0.371. The van der Waals surface area contributed by atoms with Crippen LogP contribution in [0.5, 0.6) is 0 Å². The average molecular weight is 366 g/mol. The molecule has 0 spiro atoms. The fourth-order valence-electron chi connectivity index (χ4n) is 3.47. The summed E-state index contributed by atoms with van der Waals surface area (Å²) >= 11 is 0. The van der Waals surface area contributed by atoms with Crippen LogP contribution in [0.25, 0.3) is 10.9 Å². The van der Waals surface area contributed by atoms with Crippen molar-refractivity contribution in [3.63, 3.8) is 0 Å². The Bertz CT molecular complexity index is 979. The van der Waals surface area contributed by atoms with Gasteiger partial charge in [0.2, 0.25) is 0 Å². The van der Waals surface area contributed by atoms with Gasteiger partial charge in [0, 0.05) is 25.3 Å². The quantitative estimate of drug-likeness (QED) is 0.560. The first-order valence-electron chi connectivity index (χ1n) is 8.73. The van der Waals surface area contributed by atoms with Crippen LogP contribution in [0, 0.1) is 10.1 Å². The summed E-state index contributed by atoms with van der Waals surface area (Å²) in [5.74, 6) is -0.0510. The van der Waals surface area contributed by atoms with Crippen molar-refractivity contribution in [1.82, 2.24) is 9.88 Å². The van der Waals surface area contributed by atoms with Gasteiger partial charge in [-0.2, -0.15) is 0 Å². The molecule has 3 aromatic rings. The molecule has 0 unspecified atom stereocenters. The van der Waals surface area contributed by atoms with E-state index < -0.39 is 0 Å². The molecule has 1 saturated heterocycles. The van der Waals surface area contributed by atoms with E-state index in [1.165, 1.54) is 12.5 Å². The lowest BCUT2D eigenvalue weighted by Crippen LogP contribution is -2.42. The molecule has 3 heterocycles. The second kappa shape index (κ2) is 7.06. The lowest BCUT2D eigenvalue weighted by molar-refractivity contribution is -0.382. The number of carbonyl (C=O) groups excluding carboxylic acids is 1. The number of fused-ring (bicyclic) bond motifs is 1. The SMILES string of the molecule is O=C(c1ccoc1)N1CCC(Nc2ccc3ncccc3c2[N+](=O)[O-])CC1. The minimum absolute atomic E-state index is 0.0394. The molecule has 4 rings (SSSR count). The molecule has 0 saturated carbocycles. The predicted octanol–water partition coefficient (Wildman–Crippen LogP) is 3.45. The van der Waals surface area contributed by atoms with E-state index in [4.69, 9.17) is 4.42 Å². The van der Waals surface area contributed by atoms with Crippen molar-refractivity contribution < 1.29 is 14.1 Å². The number of carbonyl (C=O) groups is 1. The molecule has 1 aliphatic heterocycles. The van der Waals surface area contributed by atoms with Crippen LogP contribution >= 0.6 is 0 Å². The number of piperidine rings is 1. The molecule has 8 nitrogen and oxygen atoms in total. The lowest BCUT2D eigenvalue weighted by Gasteiger charge is -2.32. The van der Waals surface area contributed by atoms with E-state index >= 15 is 0 Å². The van der Waals surface area contributed by atoms with E-state index in [9.17, 15) is 14.9 Å². The molecule has 1 fully saturated rings. The molecule has 1 aromatic carbocycles. The third-order valence-electron chi connectivity index (χ3n) is 4.85.